The highest BCUT2D eigenvalue weighted by atomic mass is 16.5. The first-order chi connectivity index (χ1) is 6.80. The maximum Gasteiger partial charge on any atom is 0.325 e. The number of rotatable bonds is 5. The summed E-state index contributed by atoms with van der Waals surface area (Å²) in [5, 5.41) is 0. The van der Waals surface area contributed by atoms with Gasteiger partial charge in [0.25, 0.3) is 0 Å². The van der Waals surface area contributed by atoms with Gasteiger partial charge in [-0.05, 0) is 13.8 Å². The smallest absolute Gasteiger partial charge is 0.325 e. The van der Waals surface area contributed by atoms with Crippen molar-refractivity contribution in [1.82, 2.24) is 15.0 Å². The molecule has 0 aromatic carbocycles. The number of ether oxygens (including phenoxy) is 3. The van der Waals surface area contributed by atoms with Crippen LogP contribution in [0.5, 0.6) is 18.0 Å². The number of methoxy groups -OCH3 is 1. The summed E-state index contributed by atoms with van der Waals surface area (Å²) in [5.74, 6) is 0. The highest BCUT2D eigenvalue weighted by Gasteiger charge is 2.07. The summed E-state index contributed by atoms with van der Waals surface area (Å²) in [4.78, 5) is 11.7. The van der Waals surface area contributed by atoms with Gasteiger partial charge in [-0.15, -0.1) is 15.0 Å². The van der Waals surface area contributed by atoms with Gasteiger partial charge in [-0.3, -0.25) is 0 Å². The molecule has 0 unspecified atom stereocenters. The molecule has 0 atom stereocenters. The SMILES string of the molecule is CCOc1nc(OC)nc(OCC)n1. The van der Waals surface area contributed by atoms with Gasteiger partial charge in [0.15, 0.2) is 0 Å². The molecule has 0 saturated carbocycles. The topological polar surface area (TPSA) is 66.4 Å². The average molecular weight is 199 g/mol. The van der Waals surface area contributed by atoms with E-state index in [-0.39, 0.29) is 18.0 Å². The van der Waals surface area contributed by atoms with Crippen LogP contribution in [0.3, 0.4) is 0 Å². The zero-order valence-corrected chi connectivity index (χ0v) is 8.48. The van der Waals surface area contributed by atoms with Gasteiger partial charge in [-0.2, -0.15) is 0 Å². The quantitative estimate of drug-likeness (QED) is 0.694. The Bertz CT molecular complexity index is 269. The van der Waals surface area contributed by atoms with Crippen LogP contribution < -0.4 is 14.2 Å². The van der Waals surface area contributed by atoms with Crippen molar-refractivity contribution in [2.75, 3.05) is 20.3 Å². The molecule has 0 aliphatic heterocycles. The van der Waals surface area contributed by atoms with Crippen LogP contribution in [0, 0.1) is 0 Å². The van der Waals surface area contributed by atoms with E-state index in [1.807, 2.05) is 13.8 Å². The Morgan fingerprint density at radius 2 is 1.29 bits per heavy atom. The molecule has 0 aliphatic rings. The summed E-state index contributed by atoms with van der Waals surface area (Å²) < 4.78 is 15.1. The van der Waals surface area contributed by atoms with Crippen molar-refractivity contribution in [3.63, 3.8) is 0 Å². The van der Waals surface area contributed by atoms with Gasteiger partial charge in [0.05, 0.1) is 20.3 Å². The fourth-order valence-corrected chi connectivity index (χ4v) is 0.799. The van der Waals surface area contributed by atoms with Crippen LogP contribution in [-0.4, -0.2) is 35.3 Å². The first-order valence-corrected chi connectivity index (χ1v) is 4.35. The molecule has 0 amide bonds. The predicted octanol–water partition coefficient (Wildman–Crippen LogP) is 0.678. The Morgan fingerprint density at radius 3 is 1.64 bits per heavy atom. The van der Waals surface area contributed by atoms with E-state index in [0.29, 0.717) is 13.2 Å². The van der Waals surface area contributed by atoms with Crippen molar-refractivity contribution >= 4 is 0 Å². The lowest BCUT2D eigenvalue weighted by atomic mass is 10.8. The Hall–Kier alpha value is -1.59. The van der Waals surface area contributed by atoms with Gasteiger partial charge in [-0.25, -0.2) is 0 Å². The molecule has 1 rings (SSSR count). The standard InChI is InChI=1S/C8H13N3O3/c1-4-13-7-9-6(12-3)10-8(11-7)14-5-2/h4-5H2,1-3H3. The number of hydrogen-bond donors (Lipinski definition) is 0. The molecule has 0 aliphatic carbocycles. The number of nitrogens with zero attached hydrogens (tertiary/aromatic N) is 3. The Balaban J connectivity index is 2.88. The van der Waals surface area contributed by atoms with Crippen molar-refractivity contribution in [2.24, 2.45) is 0 Å². The first-order valence-electron chi connectivity index (χ1n) is 4.35. The van der Waals surface area contributed by atoms with E-state index >= 15 is 0 Å². The maximum absolute atomic E-state index is 5.11. The summed E-state index contributed by atoms with van der Waals surface area (Å²) in [7, 11) is 1.47. The van der Waals surface area contributed by atoms with E-state index in [0.717, 1.165) is 0 Å². The van der Waals surface area contributed by atoms with Crippen molar-refractivity contribution in [2.45, 2.75) is 13.8 Å². The third-order valence-corrected chi connectivity index (χ3v) is 1.30. The minimum absolute atomic E-state index is 0.187. The van der Waals surface area contributed by atoms with Crippen LogP contribution in [0.2, 0.25) is 0 Å². The molecule has 0 spiro atoms. The molecule has 0 saturated heterocycles. The van der Waals surface area contributed by atoms with Crippen molar-refractivity contribution < 1.29 is 14.2 Å². The summed E-state index contributed by atoms with van der Waals surface area (Å²) >= 11 is 0. The predicted molar refractivity (Wildman–Crippen MR) is 48.7 cm³/mol. The van der Waals surface area contributed by atoms with E-state index in [1.165, 1.54) is 7.11 Å². The molecular formula is C8H13N3O3. The van der Waals surface area contributed by atoms with E-state index in [1.54, 1.807) is 0 Å². The second kappa shape index (κ2) is 5.21. The average Bonchev–Trinajstić information content (AvgIpc) is 2.18. The molecular weight excluding hydrogens is 186 g/mol. The van der Waals surface area contributed by atoms with E-state index in [9.17, 15) is 0 Å². The lowest BCUT2D eigenvalue weighted by Crippen LogP contribution is -2.05. The van der Waals surface area contributed by atoms with E-state index in [2.05, 4.69) is 15.0 Å². The molecule has 0 bridgehead atoms. The first kappa shape index (κ1) is 10.5. The van der Waals surface area contributed by atoms with Gasteiger partial charge in [0.1, 0.15) is 0 Å². The summed E-state index contributed by atoms with van der Waals surface area (Å²) in [6, 6.07) is 0.609. The highest BCUT2D eigenvalue weighted by molar-refractivity contribution is 5.08. The molecule has 0 N–H and O–H groups in total. The summed E-state index contributed by atoms with van der Waals surface area (Å²) in [6.45, 7) is 4.66. The van der Waals surface area contributed by atoms with Gasteiger partial charge in [-0.1, -0.05) is 0 Å². The Labute approximate surface area is 82.3 Å². The summed E-state index contributed by atoms with van der Waals surface area (Å²) in [5.41, 5.74) is 0. The third kappa shape index (κ3) is 2.72. The van der Waals surface area contributed by atoms with Crippen molar-refractivity contribution in [3.05, 3.63) is 0 Å². The van der Waals surface area contributed by atoms with Crippen molar-refractivity contribution in [1.29, 1.82) is 0 Å². The third-order valence-electron chi connectivity index (χ3n) is 1.30. The lowest BCUT2D eigenvalue weighted by Gasteiger charge is -2.05. The molecule has 0 fully saturated rings. The maximum atomic E-state index is 5.11. The summed E-state index contributed by atoms with van der Waals surface area (Å²) in [6.07, 6.45) is 0. The zero-order chi connectivity index (χ0) is 10.4. The Kier molecular flexibility index (Phi) is 3.90. The van der Waals surface area contributed by atoms with Gasteiger partial charge in [0, 0.05) is 0 Å². The van der Waals surface area contributed by atoms with Gasteiger partial charge >= 0.3 is 18.0 Å². The van der Waals surface area contributed by atoms with Crippen LogP contribution in [0.1, 0.15) is 13.8 Å². The van der Waals surface area contributed by atoms with Crippen LogP contribution in [0.25, 0.3) is 0 Å². The highest BCUT2D eigenvalue weighted by Crippen LogP contribution is 2.13. The fourth-order valence-electron chi connectivity index (χ4n) is 0.799. The molecule has 6 nitrogen and oxygen atoms in total. The van der Waals surface area contributed by atoms with Gasteiger partial charge < -0.3 is 14.2 Å². The molecule has 1 heterocycles. The zero-order valence-electron chi connectivity index (χ0n) is 8.48. The Morgan fingerprint density at radius 1 is 0.857 bits per heavy atom. The minimum Gasteiger partial charge on any atom is -0.467 e. The number of hydrogen-bond acceptors (Lipinski definition) is 6. The second-order valence-corrected chi connectivity index (χ2v) is 2.25. The van der Waals surface area contributed by atoms with Crippen LogP contribution in [0.15, 0.2) is 0 Å². The van der Waals surface area contributed by atoms with Crippen LogP contribution in [-0.2, 0) is 0 Å². The van der Waals surface area contributed by atoms with Crippen LogP contribution in [0.4, 0.5) is 0 Å². The largest absolute Gasteiger partial charge is 0.467 e. The minimum atomic E-state index is 0.187. The van der Waals surface area contributed by atoms with E-state index in [4.69, 9.17) is 14.2 Å². The van der Waals surface area contributed by atoms with Crippen LogP contribution >= 0.6 is 0 Å². The second-order valence-electron chi connectivity index (χ2n) is 2.25. The lowest BCUT2D eigenvalue weighted by molar-refractivity contribution is 0.263. The molecule has 14 heavy (non-hydrogen) atoms. The number of aromatic nitrogens is 3. The molecule has 1 aromatic rings. The van der Waals surface area contributed by atoms with Crippen molar-refractivity contribution in [3.8, 4) is 18.0 Å². The molecule has 78 valence electrons. The normalized spacial score (nSPS) is 9.64. The fraction of sp³-hybridized carbons (Fsp3) is 0.625. The van der Waals surface area contributed by atoms with Gasteiger partial charge in [0.2, 0.25) is 0 Å². The van der Waals surface area contributed by atoms with E-state index < -0.39 is 0 Å². The molecule has 6 heteroatoms. The molecule has 0 radical (unpaired) electrons. The monoisotopic (exact) mass is 199 g/mol. The molecule has 1 aromatic heterocycles.